The van der Waals surface area contributed by atoms with Crippen LogP contribution in [0.15, 0.2) is 55.0 Å². The van der Waals surface area contributed by atoms with E-state index in [9.17, 15) is 19.2 Å². The molecular formula is C33H42Cl3N11O4. The minimum Gasteiger partial charge on any atom is -0.370 e. The summed E-state index contributed by atoms with van der Waals surface area (Å²) in [6.07, 6.45) is 4.84. The Hall–Kier alpha value is -5.12. The molecule has 18 heteroatoms. The van der Waals surface area contributed by atoms with Crippen molar-refractivity contribution in [3.63, 3.8) is 0 Å². The maximum absolute atomic E-state index is 13.2. The van der Waals surface area contributed by atoms with Crippen LogP contribution in [0.5, 0.6) is 0 Å². The standard InChI is InChI=1S/C33H41Cl2N11O4.ClH/c1-20-13-21(5-6-25(20)46(11-7-34)12-8-35)29(47)40-22-15-27(44(3)17-22)31(49)42-24-16-28(45(4)19-24)32(50)41-23-14-26(43(2)18-23)30(48)38-9-10-39-33(36)37;/h5-6,13-19H,7-12H2,1-4H3,(H,38,48)(H,40,47)(H,41,50)(H,42,49)(H4,36,37,39);1H. The summed E-state index contributed by atoms with van der Waals surface area (Å²) in [4.78, 5) is 54.1. The van der Waals surface area contributed by atoms with Crippen molar-refractivity contribution in [3.05, 3.63) is 83.2 Å². The van der Waals surface area contributed by atoms with E-state index in [0.717, 1.165) is 11.3 Å². The van der Waals surface area contributed by atoms with Gasteiger partial charge in [-0.05, 0) is 48.9 Å². The zero-order valence-corrected chi connectivity index (χ0v) is 30.9. The Morgan fingerprint density at radius 3 is 1.57 bits per heavy atom. The molecule has 3 aromatic heterocycles. The average Bonchev–Trinajstić information content (AvgIpc) is 3.73. The molecule has 0 aliphatic rings. The summed E-state index contributed by atoms with van der Waals surface area (Å²) in [5, 5.41) is 20.9. The first-order valence-corrected chi connectivity index (χ1v) is 16.6. The molecule has 4 aromatic rings. The van der Waals surface area contributed by atoms with Gasteiger partial charge in [-0.1, -0.05) is 0 Å². The zero-order valence-electron chi connectivity index (χ0n) is 28.6. The second-order valence-electron chi connectivity index (χ2n) is 11.5. The number of anilines is 4. The number of nitrogens with zero attached hydrogens (tertiary/aromatic N) is 4. The fourth-order valence-corrected chi connectivity index (χ4v) is 5.75. The highest BCUT2D eigenvalue weighted by Gasteiger charge is 2.20. The summed E-state index contributed by atoms with van der Waals surface area (Å²) in [6, 6.07) is 10.0. The van der Waals surface area contributed by atoms with Gasteiger partial charge in [-0.2, -0.15) is 0 Å². The van der Waals surface area contributed by atoms with Crippen molar-refractivity contribution in [2.45, 2.75) is 6.92 Å². The van der Waals surface area contributed by atoms with Crippen LogP contribution in [0, 0.1) is 12.3 Å². The van der Waals surface area contributed by atoms with Gasteiger partial charge in [0.25, 0.3) is 23.6 Å². The van der Waals surface area contributed by atoms with Crippen molar-refractivity contribution >= 4 is 87.9 Å². The van der Waals surface area contributed by atoms with Crippen molar-refractivity contribution in [2.24, 2.45) is 26.9 Å². The number of aryl methyl sites for hydroxylation is 4. The van der Waals surface area contributed by atoms with E-state index in [-0.39, 0.29) is 48.1 Å². The van der Waals surface area contributed by atoms with Gasteiger partial charge in [0.05, 0.1) is 17.1 Å². The summed E-state index contributed by atoms with van der Waals surface area (Å²) >= 11 is 11.9. The van der Waals surface area contributed by atoms with Crippen molar-refractivity contribution in [1.82, 2.24) is 24.3 Å². The van der Waals surface area contributed by atoms with Crippen molar-refractivity contribution in [1.29, 1.82) is 5.41 Å². The van der Waals surface area contributed by atoms with Gasteiger partial charge >= 0.3 is 0 Å². The molecule has 8 N–H and O–H groups in total. The van der Waals surface area contributed by atoms with Gasteiger partial charge in [0, 0.05) is 88.9 Å². The smallest absolute Gasteiger partial charge is 0.272 e. The molecule has 51 heavy (non-hydrogen) atoms. The summed E-state index contributed by atoms with van der Waals surface area (Å²) in [6.45, 7) is 3.73. The number of benzene rings is 1. The fourth-order valence-electron chi connectivity index (χ4n) is 5.34. The van der Waals surface area contributed by atoms with Crippen molar-refractivity contribution < 1.29 is 19.2 Å². The van der Waals surface area contributed by atoms with Gasteiger partial charge in [0.1, 0.15) is 17.1 Å². The van der Waals surface area contributed by atoms with E-state index in [1.807, 2.05) is 13.0 Å². The number of aromatic nitrogens is 3. The van der Waals surface area contributed by atoms with Crippen LogP contribution in [0.1, 0.15) is 47.4 Å². The molecular weight excluding hydrogens is 721 g/mol. The third-order valence-electron chi connectivity index (χ3n) is 7.72. The number of alkyl halides is 2. The van der Waals surface area contributed by atoms with E-state index in [1.165, 1.54) is 6.07 Å². The lowest BCUT2D eigenvalue weighted by atomic mass is 10.1. The number of carbonyl (C=O) groups excluding carboxylic acids is 4. The van der Waals surface area contributed by atoms with Gasteiger partial charge in [0.15, 0.2) is 5.96 Å². The monoisotopic (exact) mass is 761 g/mol. The Labute approximate surface area is 311 Å². The van der Waals surface area contributed by atoms with Crippen molar-refractivity contribution in [2.75, 3.05) is 58.8 Å². The zero-order chi connectivity index (χ0) is 36.5. The first kappa shape index (κ1) is 40.3. The lowest BCUT2D eigenvalue weighted by Gasteiger charge is -2.25. The number of halogens is 3. The fraction of sp³-hybridized carbons (Fsp3) is 0.303. The van der Waals surface area contributed by atoms with E-state index in [4.69, 9.17) is 34.3 Å². The van der Waals surface area contributed by atoms with Gasteiger partial charge in [-0.25, -0.2) is 0 Å². The highest BCUT2D eigenvalue weighted by atomic mass is 35.5. The molecule has 0 atom stereocenters. The van der Waals surface area contributed by atoms with Gasteiger partial charge in [-0.15, -0.1) is 35.6 Å². The number of hydrogen-bond donors (Lipinski definition) is 7. The van der Waals surface area contributed by atoms with Crippen LogP contribution in [0.3, 0.4) is 0 Å². The van der Waals surface area contributed by atoms with Crippen LogP contribution in [0.25, 0.3) is 0 Å². The Morgan fingerprint density at radius 2 is 1.14 bits per heavy atom. The molecule has 0 radical (unpaired) electrons. The molecule has 3 heterocycles. The Bertz CT molecular complexity index is 1890. The van der Waals surface area contributed by atoms with Crippen LogP contribution < -0.4 is 37.2 Å². The molecule has 4 amide bonds. The number of rotatable bonds is 15. The lowest BCUT2D eigenvalue weighted by Crippen LogP contribution is -2.38. The van der Waals surface area contributed by atoms with Gasteiger partial charge in [-0.3, -0.25) is 24.6 Å². The van der Waals surface area contributed by atoms with E-state index in [2.05, 4.69) is 31.5 Å². The SMILES string of the molecule is Cc1cc(C(=O)Nc2cc(C(=O)Nc3cc(C(=O)Nc4cc(C(=O)NCCNC(=N)N)n(C)c4)n(C)c3)n(C)c2)ccc1N(CCCl)CCCl.Cl. The van der Waals surface area contributed by atoms with E-state index >= 15 is 0 Å². The molecule has 15 nitrogen and oxygen atoms in total. The average molecular weight is 763 g/mol. The number of carbonyl (C=O) groups is 4. The first-order chi connectivity index (χ1) is 23.8. The lowest BCUT2D eigenvalue weighted by molar-refractivity contribution is 0.0944. The molecule has 0 aliphatic heterocycles. The maximum Gasteiger partial charge on any atom is 0.272 e. The Morgan fingerprint density at radius 1 is 0.706 bits per heavy atom. The third-order valence-corrected chi connectivity index (χ3v) is 8.06. The van der Waals surface area contributed by atoms with E-state index in [0.29, 0.717) is 59.7 Å². The minimum absolute atomic E-state index is 0. The second-order valence-corrected chi connectivity index (χ2v) is 12.3. The topological polar surface area (TPSA) is 196 Å². The van der Waals surface area contributed by atoms with Gasteiger partial charge in [0.2, 0.25) is 0 Å². The molecule has 0 fully saturated rings. The van der Waals surface area contributed by atoms with Gasteiger partial charge < -0.3 is 50.9 Å². The first-order valence-electron chi connectivity index (χ1n) is 15.6. The second kappa shape index (κ2) is 18.2. The molecule has 0 spiro atoms. The molecule has 0 saturated carbocycles. The summed E-state index contributed by atoms with van der Waals surface area (Å²) < 4.78 is 4.74. The molecule has 274 valence electrons. The summed E-state index contributed by atoms with van der Waals surface area (Å²) in [5.74, 6) is -0.869. The Balaban J connectivity index is 0.00000702. The highest BCUT2D eigenvalue weighted by Crippen LogP contribution is 2.24. The minimum atomic E-state index is -0.450. The highest BCUT2D eigenvalue weighted by molar-refractivity contribution is 6.18. The quantitative estimate of drug-likeness (QED) is 0.0415. The van der Waals surface area contributed by atoms with Crippen LogP contribution in [-0.2, 0) is 21.1 Å². The number of nitrogens with two attached hydrogens (primary N) is 1. The summed E-state index contributed by atoms with van der Waals surface area (Å²) in [5.41, 5.74) is 9.65. The van der Waals surface area contributed by atoms with E-state index < -0.39 is 11.8 Å². The van der Waals surface area contributed by atoms with Crippen LogP contribution >= 0.6 is 35.6 Å². The number of hydrogen-bond acceptors (Lipinski definition) is 6. The molecule has 1 aromatic carbocycles. The van der Waals surface area contributed by atoms with Crippen molar-refractivity contribution in [3.8, 4) is 0 Å². The van der Waals surface area contributed by atoms with Crippen LogP contribution in [0.2, 0.25) is 0 Å². The number of guanidine groups is 1. The molecule has 4 rings (SSSR count). The van der Waals surface area contributed by atoms with E-state index in [1.54, 1.807) is 77.7 Å². The number of nitrogens with one attached hydrogen (secondary N) is 6. The molecule has 0 aliphatic carbocycles. The van der Waals surface area contributed by atoms with Crippen LogP contribution in [0.4, 0.5) is 22.7 Å². The molecule has 0 bridgehead atoms. The normalized spacial score (nSPS) is 10.5. The molecule has 0 saturated heterocycles. The largest absolute Gasteiger partial charge is 0.370 e. The number of amides is 4. The predicted octanol–water partition coefficient (Wildman–Crippen LogP) is 3.69. The van der Waals surface area contributed by atoms with Crippen LogP contribution in [-0.4, -0.2) is 81.2 Å². The third kappa shape index (κ3) is 10.4. The predicted molar refractivity (Wildman–Crippen MR) is 204 cm³/mol. The Kier molecular flexibility index (Phi) is 14.4. The summed E-state index contributed by atoms with van der Waals surface area (Å²) in [7, 11) is 5.03. The maximum atomic E-state index is 13.2. The molecule has 0 unspecified atom stereocenters.